The molecule has 3 rings (SSSR count). The summed E-state index contributed by atoms with van der Waals surface area (Å²) in [5.74, 6) is -4.03. The first-order valence-electron chi connectivity index (χ1n) is 14.5. The van der Waals surface area contributed by atoms with Gasteiger partial charge in [0.1, 0.15) is 18.8 Å². The Kier molecular flexibility index (Phi) is 12.1. The molecule has 0 aromatic heterocycles. The number of nitrogens with one attached hydrogen (secondary N) is 2. The number of hydrogen-bond donors (Lipinski definition) is 2. The molecule has 0 saturated carbocycles. The molecule has 1 aliphatic heterocycles. The van der Waals surface area contributed by atoms with Crippen molar-refractivity contribution >= 4 is 35.9 Å². The third-order valence-electron chi connectivity index (χ3n) is 7.07. The van der Waals surface area contributed by atoms with Crippen LogP contribution >= 0.6 is 0 Å². The Hall–Kier alpha value is -4.41. The fourth-order valence-electron chi connectivity index (χ4n) is 4.64. The second-order valence-corrected chi connectivity index (χ2v) is 10.8. The van der Waals surface area contributed by atoms with Gasteiger partial charge in [0.25, 0.3) is 5.91 Å². The molecule has 2 N–H and O–H groups in total. The largest absolute Gasteiger partial charge is 0.486 e. The average molecular weight is 597 g/mol. The van der Waals surface area contributed by atoms with E-state index in [9.17, 15) is 24.0 Å². The molecule has 1 aliphatic rings. The lowest BCUT2D eigenvalue weighted by atomic mass is 9.92. The number of benzene rings is 2. The smallest absolute Gasteiger partial charge is 0.332 e. The van der Waals surface area contributed by atoms with Gasteiger partial charge in [-0.2, -0.15) is 0 Å². The number of hydrogen-bond acceptors (Lipinski definition) is 9. The minimum Gasteiger partial charge on any atom is -0.486 e. The molecule has 0 bridgehead atoms. The molecule has 43 heavy (non-hydrogen) atoms. The quantitative estimate of drug-likeness (QED) is 0.209. The molecule has 0 aliphatic carbocycles. The predicted octanol–water partition coefficient (Wildman–Crippen LogP) is 4.18. The standard InChI is InChI=1S/C32H40N2O9/c1-6-7-14-24-27(43-30(37)19(2)3)21(5)42-32(39)26(20(4)41-31(24)38)34-29(36)23-15-11-16-25(33-18-35)28(23)40-17-22-12-9-8-10-13-22/h8-13,15-16,18-21,24,26-27H,6-7,14,17H2,1-5H3,(H,33,35)(H,34,36)/t20-,21+,24-,26+,27+/m1/s1. The number of carbonyl (C=O) groups excluding carboxylic acids is 5. The normalized spacial score (nSPS) is 22.2. The van der Waals surface area contributed by atoms with Crippen molar-refractivity contribution in [2.75, 3.05) is 5.32 Å². The van der Waals surface area contributed by atoms with Crippen LogP contribution in [0, 0.1) is 11.8 Å². The minimum absolute atomic E-state index is 0.0339. The van der Waals surface area contributed by atoms with Crippen LogP contribution in [0.3, 0.4) is 0 Å². The number of esters is 3. The molecule has 2 aromatic rings. The van der Waals surface area contributed by atoms with Crippen LogP contribution in [0.4, 0.5) is 5.69 Å². The van der Waals surface area contributed by atoms with E-state index in [4.69, 9.17) is 18.9 Å². The molecule has 5 atom stereocenters. The van der Waals surface area contributed by atoms with Crippen LogP contribution in [0.15, 0.2) is 48.5 Å². The summed E-state index contributed by atoms with van der Waals surface area (Å²) in [6.45, 7) is 8.41. The first kappa shape index (κ1) is 33.1. The van der Waals surface area contributed by atoms with Gasteiger partial charge in [0.15, 0.2) is 17.9 Å². The Bertz CT molecular complexity index is 1280. The fourth-order valence-corrected chi connectivity index (χ4v) is 4.64. The van der Waals surface area contributed by atoms with Crippen molar-refractivity contribution in [2.24, 2.45) is 11.8 Å². The van der Waals surface area contributed by atoms with E-state index in [0.29, 0.717) is 19.3 Å². The Morgan fingerprint density at radius 2 is 1.67 bits per heavy atom. The van der Waals surface area contributed by atoms with Crippen LogP contribution in [-0.2, 0) is 40.0 Å². The number of anilines is 1. The topological polar surface area (TPSA) is 146 Å². The third-order valence-corrected chi connectivity index (χ3v) is 7.07. The van der Waals surface area contributed by atoms with Gasteiger partial charge < -0.3 is 29.6 Å². The number of cyclic esters (lactones) is 2. The maximum Gasteiger partial charge on any atom is 0.332 e. The maximum atomic E-state index is 13.6. The SMILES string of the molecule is CCCC[C@H]1C(=O)O[C@H](C)[C@H](NC(=O)c2cccc(NC=O)c2OCc2ccccc2)C(=O)O[C@@H](C)[C@@H]1OC(=O)C(C)C. The van der Waals surface area contributed by atoms with Crippen molar-refractivity contribution in [3.8, 4) is 5.75 Å². The molecular weight excluding hydrogens is 556 g/mol. The first-order valence-corrected chi connectivity index (χ1v) is 14.5. The fraction of sp³-hybridized carbons (Fsp3) is 0.469. The van der Waals surface area contributed by atoms with E-state index < -0.39 is 60.0 Å². The molecule has 1 fully saturated rings. The van der Waals surface area contributed by atoms with Gasteiger partial charge in [-0.25, -0.2) is 4.79 Å². The second kappa shape index (κ2) is 15.7. The summed E-state index contributed by atoms with van der Waals surface area (Å²) < 4.78 is 23.0. The summed E-state index contributed by atoms with van der Waals surface area (Å²) >= 11 is 0. The summed E-state index contributed by atoms with van der Waals surface area (Å²) in [6, 6.07) is 12.4. The van der Waals surface area contributed by atoms with Crippen LogP contribution in [0.2, 0.25) is 0 Å². The van der Waals surface area contributed by atoms with Crippen molar-refractivity contribution in [3.05, 3.63) is 59.7 Å². The molecule has 11 nitrogen and oxygen atoms in total. The van der Waals surface area contributed by atoms with E-state index >= 15 is 0 Å². The van der Waals surface area contributed by atoms with Crippen molar-refractivity contribution in [3.63, 3.8) is 0 Å². The Morgan fingerprint density at radius 3 is 2.33 bits per heavy atom. The van der Waals surface area contributed by atoms with Crippen molar-refractivity contribution < 1.29 is 42.9 Å². The summed E-state index contributed by atoms with van der Waals surface area (Å²) in [5, 5.41) is 5.15. The molecule has 0 radical (unpaired) electrons. The van der Waals surface area contributed by atoms with Crippen LogP contribution in [-0.4, -0.2) is 54.6 Å². The zero-order valence-corrected chi connectivity index (χ0v) is 25.2. The number of para-hydroxylation sites is 1. The second-order valence-electron chi connectivity index (χ2n) is 10.8. The number of unbranched alkanes of at least 4 members (excludes halogenated alkanes) is 1. The number of amides is 2. The van der Waals surface area contributed by atoms with Crippen LogP contribution in [0.5, 0.6) is 5.75 Å². The molecule has 2 aromatic carbocycles. The molecule has 0 spiro atoms. The highest BCUT2D eigenvalue weighted by Gasteiger charge is 2.44. The highest BCUT2D eigenvalue weighted by molar-refractivity contribution is 6.01. The van der Waals surface area contributed by atoms with Crippen LogP contribution in [0.1, 0.15) is 69.8 Å². The van der Waals surface area contributed by atoms with Crippen molar-refractivity contribution in [1.29, 1.82) is 0 Å². The predicted molar refractivity (Wildman–Crippen MR) is 157 cm³/mol. The van der Waals surface area contributed by atoms with Crippen molar-refractivity contribution in [1.82, 2.24) is 5.32 Å². The number of carbonyl (C=O) groups is 5. The van der Waals surface area contributed by atoms with E-state index in [1.54, 1.807) is 32.9 Å². The Morgan fingerprint density at radius 1 is 0.977 bits per heavy atom. The lowest BCUT2D eigenvalue weighted by Crippen LogP contribution is -2.50. The summed E-state index contributed by atoms with van der Waals surface area (Å²) in [6.07, 6.45) is -0.934. The first-order chi connectivity index (χ1) is 20.6. The Balaban J connectivity index is 1.90. The lowest BCUT2D eigenvalue weighted by Gasteiger charge is -2.29. The van der Waals surface area contributed by atoms with Crippen molar-refractivity contribution in [2.45, 2.75) is 84.8 Å². The third kappa shape index (κ3) is 8.79. The molecule has 2 amide bonds. The molecule has 1 saturated heterocycles. The Labute approximate surface area is 251 Å². The molecule has 11 heteroatoms. The van der Waals surface area contributed by atoms with Gasteiger partial charge in [-0.15, -0.1) is 0 Å². The van der Waals surface area contributed by atoms with Gasteiger partial charge >= 0.3 is 17.9 Å². The summed E-state index contributed by atoms with van der Waals surface area (Å²) in [4.78, 5) is 64.2. The minimum atomic E-state index is -1.39. The monoisotopic (exact) mass is 596 g/mol. The summed E-state index contributed by atoms with van der Waals surface area (Å²) in [7, 11) is 0. The average Bonchev–Trinajstić information content (AvgIpc) is 3.00. The molecule has 1 heterocycles. The van der Waals surface area contributed by atoms with E-state index in [0.717, 1.165) is 12.0 Å². The van der Waals surface area contributed by atoms with E-state index in [1.165, 1.54) is 13.0 Å². The molecular formula is C32H40N2O9. The zero-order valence-electron chi connectivity index (χ0n) is 25.2. The van der Waals surface area contributed by atoms with Gasteiger partial charge in [0.05, 0.1) is 23.1 Å². The molecule has 0 unspecified atom stereocenters. The van der Waals surface area contributed by atoms with Gasteiger partial charge in [0, 0.05) is 0 Å². The van der Waals surface area contributed by atoms with Gasteiger partial charge in [-0.05, 0) is 38.0 Å². The van der Waals surface area contributed by atoms with Crippen LogP contribution < -0.4 is 15.4 Å². The van der Waals surface area contributed by atoms with Gasteiger partial charge in [0.2, 0.25) is 6.41 Å². The van der Waals surface area contributed by atoms with Gasteiger partial charge in [-0.3, -0.25) is 19.2 Å². The lowest BCUT2D eigenvalue weighted by molar-refractivity contribution is -0.177. The van der Waals surface area contributed by atoms with E-state index in [2.05, 4.69) is 10.6 Å². The van der Waals surface area contributed by atoms with Crippen LogP contribution in [0.25, 0.3) is 0 Å². The number of rotatable bonds is 12. The van der Waals surface area contributed by atoms with E-state index in [-0.39, 0.29) is 23.6 Å². The number of ether oxygens (including phenoxy) is 4. The highest BCUT2D eigenvalue weighted by Crippen LogP contribution is 2.31. The van der Waals surface area contributed by atoms with E-state index in [1.807, 2.05) is 37.3 Å². The highest BCUT2D eigenvalue weighted by atomic mass is 16.6. The summed E-state index contributed by atoms with van der Waals surface area (Å²) in [5.41, 5.74) is 1.11. The van der Waals surface area contributed by atoms with Gasteiger partial charge in [-0.1, -0.05) is 70.0 Å². The molecule has 232 valence electrons. The zero-order chi connectivity index (χ0) is 31.5. The maximum absolute atomic E-state index is 13.6.